The van der Waals surface area contributed by atoms with E-state index < -0.39 is 0 Å². The Bertz CT molecular complexity index is 143. The zero-order chi connectivity index (χ0) is 8.69. The van der Waals surface area contributed by atoms with Gasteiger partial charge in [0, 0.05) is 13.0 Å². The predicted octanol–water partition coefficient (Wildman–Crippen LogP) is 0.451. The Morgan fingerprint density at radius 3 is 2.64 bits per heavy atom. The first-order chi connectivity index (χ1) is 5.16. The van der Waals surface area contributed by atoms with Crippen LogP contribution in [0.5, 0.6) is 0 Å². The van der Waals surface area contributed by atoms with Crippen molar-refractivity contribution in [1.29, 1.82) is 0 Å². The van der Waals surface area contributed by atoms with E-state index in [1.165, 1.54) is 0 Å². The Kier molecular flexibility index (Phi) is 5.47. The number of carbonyl (C=O) groups excluding carboxylic acids is 1. The van der Waals surface area contributed by atoms with E-state index in [1.807, 2.05) is 6.92 Å². The van der Waals surface area contributed by atoms with Gasteiger partial charge >= 0.3 is 0 Å². The number of rotatable bonds is 5. The molecule has 0 radical (unpaired) electrons. The van der Waals surface area contributed by atoms with Crippen LogP contribution in [0.25, 0.3) is 0 Å². The maximum atomic E-state index is 10.7. The zero-order valence-electron chi connectivity index (χ0n) is 6.89. The summed E-state index contributed by atoms with van der Waals surface area (Å²) >= 11 is 0. The molecule has 0 aromatic carbocycles. The highest BCUT2D eigenvalue weighted by atomic mass is 16.3. The van der Waals surface area contributed by atoms with Crippen molar-refractivity contribution >= 4 is 5.91 Å². The van der Waals surface area contributed by atoms with Gasteiger partial charge in [0.15, 0.2) is 0 Å². The Morgan fingerprint density at radius 2 is 2.18 bits per heavy atom. The standard InChI is InChI=1S/C8H15NO2/c1-7(2)3-5-9-8(11)4-6-10/h10H,1,3-6H2,2H3,(H,9,11). The summed E-state index contributed by atoms with van der Waals surface area (Å²) in [5.74, 6) is -0.103. The molecular formula is C8H15NO2. The molecule has 2 N–H and O–H groups in total. The van der Waals surface area contributed by atoms with Crippen molar-refractivity contribution in [3.8, 4) is 0 Å². The third-order valence-corrected chi connectivity index (χ3v) is 1.21. The summed E-state index contributed by atoms with van der Waals surface area (Å²) in [6.45, 7) is 6.15. The first kappa shape index (κ1) is 10.2. The van der Waals surface area contributed by atoms with Gasteiger partial charge in [0.05, 0.1) is 6.61 Å². The SMILES string of the molecule is C=C(C)CCNC(=O)CCO. The topological polar surface area (TPSA) is 49.3 Å². The Morgan fingerprint density at radius 1 is 1.55 bits per heavy atom. The maximum Gasteiger partial charge on any atom is 0.222 e. The number of amides is 1. The fourth-order valence-electron chi connectivity index (χ4n) is 0.605. The molecule has 64 valence electrons. The van der Waals surface area contributed by atoms with Crippen molar-refractivity contribution in [3.63, 3.8) is 0 Å². The second kappa shape index (κ2) is 5.92. The summed E-state index contributed by atoms with van der Waals surface area (Å²) in [6, 6.07) is 0. The number of carbonyl (C=O) groups is 1. The molecule has 0 spiro atoms. The molecule has 11 heavy (non-hydrogen) atoms. The van der Waals surface area contributed by atoms with Gasteiger partial charge in [-0.15, -0.1) is 6.58 Å². The van der Waals surface area contributed by atoms with Gasteiger partial charge in [-0.05, 0) is 13.3 Å². The summed E-state index contributed by atoms with van der Waals surface area (Å²) in [5, 5.41) is 11.0. The second-order valence-corrected chi connectivity index (χ2v) is 2.53. The maximum absolute atomic E-state index is 10.7. The minimum atomic E-state index is -0.103. The molecule has 0 bridgehead atoms. The van der Waals surface area contributed by atoms with Gasteiger partial charge in [-0.3, -0.25) is 4.79 Å². The average molecular weight is 157 g/mol. The van der Waals surface area contributed by atoms with Crippen LogP contribution in [0.15, 0.2) is 12.2 Å². The van der Waals surface area contributed by atoms with Crippen LogP contribution in [0.1, 0.15) is 19.8 Å². The normalized spacial score (nSPS) is 9.27. The average Bonchev–Trinajstić information content (AvgIpc) is 1.87. The van der Waals surface area contributed by atoms with E-state index in [9.17, 15) is 4.79 Å². The van der Waals surface area contributed by atoms with Crippen molar-refractivity contribution in [1.82, 2.24) is 5.32 Å². The molecule has 0 unspecified atom stereocenters. The molecule has 0 aromatic heterocycles. The van der Waals surface area contributed by atoms with Crippen LogP contribution in [0.4, 0.5) is 0 Å². The van der Waals surface area contributed by atoms with Gasteiger partial charge < -0.3 is 10.4 Å². The summed E-state index contributed by atoms with van der Waals surface area (Å²) in [7, 11) is 0. The number of hydrogen-bond acceptors (Lipinski definition) is 2. The summed E-state index contributed by atoms with van der Waals surface area (Å²) in [4.78, 5) is 10.7. The summed E-state index contributed by atoms with van der Waals surface area (Å²) in [5.41, 5.74) is 1.05. The highest BCUT2D eigenvalue weighted by Crippen LogP contribution is 1.91. The van der Waals surface area contributed by atoms with E-state index in [0.717, 1.165) is 12.0 Å². The summed E-state index contributed by atoms with van der Waals surface area (Å²) < 4.78 is 0. The van der Waals surface area contributed by atoms with Crippen LogP contribution < -0.4 is 5.32 Å². The quantitative estimate of drug-likeness (QED) is 0.569. The van der Waals surface area contributed by atoms with E-state index in [-0.39, 0.29) is 18.9 Å². The highest BCUT2D eigenvalue weighted by molar-refractivity contribution is 5.75. The van der Waals surface area contributed by atoms with Crippen LogP contribution in [-0.4, -0.2) is 24.2 Å². The zero-order valence-corrected chi connectivity index (χ0v) is 6.89. The van der Waals surface area contributed by atoms with Crippen molar-refractivity contribution in [2.24, 2.45) is 0 Å². The largest absolute Gasteiger partial charge is 0.396 e. The second-order valence-electron chi connectivity index (χ2n) is 2.53. The molecular weight excluding hydrogens is 142 g/mol. The van der Waals surface area contributed by atoms with Gasteiger partial charge in [0.1, 0.15) is 0 Å². The van der Waals surface area contributed by atoms with Gasteiger partial charge in [-0.1, -0.05) is 5.57 Å². The molecule has 3 heteroatoms. The molecule has 0 aliphatic heterocycles. The molecule has 0 saturated carbocycles. The van der Waals surface area contributed by atoms with Gasteiger partial charge in [0.2, 0.25) is 5.91 Å². The van der Waals surface area contributed by atoms with Crippen molar-refractivity contribution < 1.29 is 9.90 Å². The van der Waals surface area contributed by atoms with Gasteiger partial charge in [-0.25, -0.2) is 0 Å². The third kappa shape index (κ3) is 7.06. The van der Waals surface area contributed by atoms with E-state index in [4.69, 9.17) is 5.11 Å². The Hall–Kier alpha value is -0.830. The smallest absolute Gasteiger partial charge is 0.222 e. The fourth-order valence-corrected chi connectivity index (χ4v) is 0.605. The highest BCUT2D eigenvalue weighted by Gasteiger charge is 1.97. The van der Waals surface area contributed by atoms with E-state index >= 15 is 0 Å². The molecule has 0 fully saturated rings. The minimum absolute atomic E-state index is 0.0844. The van der Waals surface area contributed by atoms with E-state index in [0.29, 0.717) is 6.54 Å². The molecule has 0 aliphatic carbocycles. The number of hydrogen-bond donors (Lipinski definition) is 2. The van der Waals surface area contributed by atoms with Crippen molar-refractivity contribution in [2.75, 3.05) is 13.2 Å². The van der Waals surface area contributed by atoms with Crippen LogP contribution in [0.2, 0.25) is 0 Å². The molecule has 1 amide bonds. The van der Waals surface area contributed by atoms with Gasteiger partial charge in [-0.2, -0.15) is 0 Å². The lowest BCUT2D eigenvalue weighted by Gasteiger charge is -2.02. The van der Waals surface area contributed by atoms with Gasteiger partial charge in [0.25, 0.3) is 0 Å². The first-order valence-corrected chi connectivity index (χ1v) is 3.68. The monoisotopic (exact) mass is 157 g/mol. The predicted molar refractivity (Wildman–Crippen MR) is 44.1 cm³/mol. The number of aliphatic hydroxyl groups excluding tert-OH is 1. The molecule has 0 heterocycles. The molecule has 0 aromatic rings. The van der Waals surface area contributed by atoms with E-state index in [1.54, 1.807) is 0 Å². The number of nitrogens with one attached hydrogen (secondary N) is 1. The lowest BCUT2D eigenvalue weighted by molar-refractivity contribution is -0.121. The molecule has 0 rings (SSSR count). The van der Waals surface area contributed by atoms with Crippen LogP contribution in [0, 0.1) is 0 Å². The lowest BCUT2D eigenvalue weighted by atomic mass is 10.2. The molecule has 0 aliphatic rings. The minimum Gasteiger partial charge on any atom is -0.396 e. The van der Waals surface area contributed by atoms with Crippen molar-refractivity contribution in [2.45, 2.75) is 19.8 Å². The molecule has 3 nitrogen and oxygen atoms in total. The Balaban J connectivity index is 3.24. The molecule has 0 atom stereocenters. The third-order valence-electron chi connectivity index (χ3n) is 1.21. The lowest BCUT2D eigenvalue weighted by Crippen LogP contribution is -2.24. The fraction of sp³-hybridized carbons (Fsp3) is 0.625. The van der Waals surface area contributed by atoms with E-state index in [2.05, 4.69) is 11.9 Å². The first-order valence-electron chi connectivity index (χ1n) is 3.68. The van der Waals surface area contributed by atoms with Crippen molar-refractivity contribution in [3.05, 3.63) is 12.2 Å². The summed E-state index contributed by atoms with van der Waals surface area (Å²) in [6.07, 6.45) is 0.993. The Labute approximate surface area is 67.1 Å². The van der Waals surface area contributed by atoms with Crippen LogP contribution in [0.3, 0.4) is 0 Å². The van der Waals surface area contributed by atoms with Crippen LogP contribution >= 0.6 is 0 Å². The number of aliphatic hydroxyl groups is 1. The van der Waals surface area contributed by atoms with Crippen LogP contribution in [-0.2, 0) is 4.79 Å². The molecule has 0 saturated heterocycles.